The summed E-state index contributed by atoms with van der Waals surface area (Å²) < 4.78 is 7.62. The first kappa shape index (κ1) is 11.3. The van der Waals surface area contributed by atoms with Gasteiger partial charge in [0, 0.05) is 12.6 Å². The maximum absolute atomic E-state index is 6.02. The van der Waals surface area contributed by atoms with Gasteiger partial charge in [-0.15, -0.1) is 0 Å². The van der Waals surface area contributed by atoms with E-state index < -0.39 is 0 Å². The van der Waals surface area contributed by atoms with E-state index in [0.717, 1.165) is 16.8 Å². The number of anilines is 1. The van der Waals surface area contributed by atoms with E-state index in [4.69, 9.17) is 10.2 Å². The molecule has 0 fully saturated rings. The van der Waals surface area contributed by atoms with Crippen molar-refractivity contribution in [1.29, 1.82) is 0 Å². The molecule has 2 heterocycles. The second-order valence-corrected chi connectivity index (χ2v) is 4.75. The third kappa shape index (κ3) is 1.65. The van der Waals surface area contributed by atoms with E-state index in [9.17, 15) is 0 Å². The number of rotatable bonds is 2. The van der Waals surface area contributed by atoms with Crippen molar-refractivity contribution in [3.05, 3.63) is 22.6 Å². The summed E-state index contributed by atoms with van der Waals surface area (Å²) in [5.41, 5.74) is 8.90. The van der Waals surface area contributed by atoms with Crippen LogP contribution in [0.4, 0.5) is 5.82 Å². The molecule has 5 heteroatoms. The lowest BCUT2D eigenvalue weighted by atomic mass is 10.0. The lowest BCUT2D eigenvalue weighted by molar-refractivity contribution is 0.542. The van der Waals surface area contributed by atoms with Gasteiger partial charge in [0.2, 0.25) is 0 Å². The lowest BCUT2D eigenvalue weighted by Crippen LogP contribution is -2.00. The van der Waals surface area contributed by atoms with Crippen LogP contribution in [0.1, 0.15) is 25.3 Å². The van der Waals surface area contributed by atoms with Crippen LogP contribution in [0.25, 0.3) is 11.3 Å². The molecule has 2 aromatic rings. The molecular formula is C11H14BrN3O. The molecule has 2 rings (SSSR count). The fourth-order valence-corrected chi connectivity index (χ4v) is 2.21. The summed E-state index contributed by atoms with van der Waals surface area (Å²) in [5.74, 6) is 1.03. The topological polar surface area (TPSA) is 57.0 Å². The zero-order valence-electron chi connectivity index (χ0n) is 9.49. The van der Waals surface area contributed by atoms with Gasteiger partial charge in [-0.05, 0) is 27.9 Å². The van der Waals surface area contributed by atoms with Gasteiger partial charge in [0.25, 0.3) is 0 Å². The summed E-state index contributed by atoms with van der Waals surface area (Å²) in [5, 5.41) is 4.44. The first-order valence-corrected chi connectivity index (χ1v) is 5.87. The molecular weight excluding hydrogens is 270 g/mol. The number of aryl methyl sites for hydroxylation is 1. The largest absolute Gasteiger partial charge is 0.457 e. The van der Waals surface area contributed by atoms with Crippen LogP contribution in [0.2, 0.25) is 0 Å². The Morgan fingerprint density at radius 2 is 2.19 bits per heavy atom. The van der Waals surface area contributed by atoms with E-state index in [2.05, 4.69) is 34.9 Å². The third-order valence-electron chi connectivity index (χ3n) is 2.58. The van der Waals surface area contributed by atoms with Crippen molar-refractivity contribution in [1.82, 2.24) is 9.78 Å². The average molecular weight is 284 g/mol. The molecule has 0 saturated carbocycles. The van der Waals surface area contributed by atoms with E-state index in [-0.39, 0.29) is 0 Å². The molecule has 16 heavy (non-hydrogen) atoms. The SMILES string of the molecule is CC(C)c1c(-c2ccoc2Br)nn(C)c1N. The first-order chi connectivity index (χ1) is 7.52. The second kappa shape index (κ2) is 3.97. The summed E-state index contributed by atoms with van der Waals surface area (Å²) in [6.45, 7) is 4.20. The van der Waals surface area contributed by atoms with Crippen LogP contribution in [0, 0.1) is 0 Å². The predicted molar refractivity (Wildman–Crippen MR) is 67.1 cm³/mol. The highest BCUT2D eigenvalue weighted by Crippen LogP contribution is 2.36. The summed E-state index contributed by atoms with van der Waals surface area (Å²) in [4.78, 5) is 0. The van der Waals surface area contributed by atoms with Gasteiger partial charge in [0.15, 0.2) is 4.67 Å². The van der Waals surface area contributed by atoms with Crippen molar-refractivity contribution >= 4 is 21.7 Å². The van der Waals surface area contributed by atoms with Gasteiger partial charge in [-0.3, -0.25) is 4.68 Å². The van der Waals surface area contributed by atoms with Gasteiger partial charge in [0.1, 0.15) is 11.5 Å². The fraction of sp³-hybridized carbons (Fsp3) is 0.364. The number of nitrogens with two attached hydrogens (primary N) is 1. The molecule has 0 amide bonds. The Morgan fingerprint density at radius 3 is 2.69 bits per heavy atom. The summed E-state index contributed by atoms with van der Waals surface area (Å²) in [6.07, 6.45) is 1.63. The summed E-state index contributed by atoms with van der Waals surface area (Å²) >= 11 is 3.36. The van der Waals surface area contributed by atoms with Crippen LogP contribution >= 0.6 is 15.9 Å². The van der Waals surface area contributed by atoms with Crippen molar-refractivity contribution in [2.75, 3.05) is 5.73 Å². The molecule has 0 aromatic carbocycles. The molecule has 0 radical (unpaired) electrons. The molecule has 0 bridgehead atoms. The molecule has 0 saturated heterocycles. The van der Waals surface area contributed by atoms with Crippen molar-refractivity contribution in [3.63, 3.8) is 0 Å². The van der Waals surface area contributed by atoms with Crippen LogP contribution in [-0.2, 0) is 7.05 Å². The fourth-order valence-electron chi connectivity index (χ4n) is 1.78. The van der Waals surface area contributed by atoms with Gasteiger partial charge in [-0.1, -0.05) is 13.8 Å². The molecule has 4 nitrogen and oxygen atoms in total. The summed E-state index contributed by atoms with van der Waals surface area (Å²) in [6, 6.07) is 1.89. The number of hydrogen-bond acceptors (Lipinski definition) is 3. The molecule has 0 unspecified atom stereocenters. The highest BCUT2D eigenvalue weighted by atomic mass is 79.9. The van der Waals surface area contributed by atoms with Crippen molar-refractivity contribution < 1.29 is 4.42 Å². The Balaban J connectivity index is 2.66. The number of hydrogen-bond donors (Lipinski definition) is 1. The van der Waals surface area contributed by atoms with Crippen LogP contribution in [0.15, 0.2) is 21.4 Å². The molecule has 0 spiro atoms. The van der Waals surface area contributed by atoms with Crippen LogP contribution in [-0.4, -0.2) is 9.78 Å². The smallest absolute Gasteiger partial charge is 0.178 e. The number of nitrogen functional groups attached to an aromatic ring is 1. The van der Waals surface area contributed by atoms with Crippen molar-refractivity contribution in [3.8, 4) is 11.3 Å². The van der Waals surface area contributed by atoms with Gasteiger partial charge in [-0.25, -0.2) is 0 Å². The molecule has 0 aliphatic rings. The van der Waals surface area contributed by atoms with E-state index in [1.54, 1.807) is 10.9 Å². The van der Waals surface area contributed by atoms with Crippen LogP contribution < -0.4 is 5.73 Å². The molecule has 86 valence electrons. The highest BCUT2D eigenvalue weighted by Gasteiger charge is 2.20. The van der Waals surface area contributed by atoms with Crippen molar-refractivity contribution in [2.45, 2.75) is 19.8 Å². The predicted octanol–water partition coefficient (Wildman–Crippen LogP) is 3.15. The van der Waals surface area contributed by atoms with Crippen LogP contribution in [0.3, 0.4) is 0 Å². The maximum Gasteiger partial charge on any atom is 0.178 e. The Labute approximate surface area is 103 Å². The van der Waals surface area contributed by atoms with E-state index >= 15 is 0 Å². The number of aromatic nitrogens is 2. The monoisotopic (exact) mass is 283 g/mol. The van der Waals surface area contributed by atoms with E-state index in [0.29, 0.717) is 16.4 Å². The van der Waals surface area contributed by atoms with E-state index in [1.807, 2.05) is 13.1 Å². The maximum atomic E-state index is 6.02. The molecule has 2 N–H and O–H groups in total. The highest BCUT2D eigenvalue weighted by molar-refractivity contribution is 9.10. The minimum atomic E-state index is 0.325. The zero-order valence-corrected chi connectivity index (χ0v) is 11.1. The normalized spacial score (nSPS) is 11.3. The van der Waals surface area contributed by atoms with Gasteiger partial charge in [0.05, 0.1) is 11.8 Å². The Bertz CT molecular complexity index is 513. The molecule has 0 aliphatic carbocycles. The van der Waals surface area contributed by atoms with Crippen LogP contribution in [0.5, 0.6) is 0 Å². The van der Waals surface area contributed by atoms with Crippen molar-refractivity contribution in [2.24, 2.45) is 7.05 Å². The second-order valence-electron chi connectivity index (χ2n) is 4.03. The Kier molecular flexibility index (Phi) is 2.80. The van der Waals surface area contributed by atoms with Gasteiger partial charge in [-0.2, -0.15) is 5.10 Å². The minimum absolute atomic E-state index is 0.325. The number of furan rings is 1. The molecule has 2 aromatic heterocycles. The lowest BCUT2D eigenvalue weighted by Gasteiger charge is -2.05. The standard InChI is InChI=1S/C11H14BrN3O/c1-6(2)8-9(14-15(3)11(8)13)7-4-5-16-10(7)12/h4-6H,13H2,1-3H3. The van der Waals surface area contributed by atoms with Gasteiger partial charge >= 0.3 is 0 Å². The average Bonchev–Trinajstić information content (AvgIpc) is 2.72. The first-order valence-electron chi connectivity index (χ1n) is 5.08. The van der Waals surface area contributed by atoms with E-state index in [1.165, 1.54) is 0 Å². The quantitative estimate of drug-likeness (QED) is 0.921. The Morgan fingerprint density at radius 1 is 1.50 bits per heavy atom. The zero-order chi connectivity index (χ0) is 11.9. The number of nitrogens with zero attached hydrogens (tertiary/aromatic N) is 2. The number of halogens is 1. The minimum Gasteiger partial charge on any atom is -0.457 e. The summed E-state index contributed by atoms with van der Waals surface area (Å²) in [7, 11) is 1.85. The van der Waals surface area contributed by atoms with Gasteiger partial charge < -0.3 is 10.2 Å². The molecule has 0 atom stereocenters. The molecule has 0 aliphatic heterocycles. The third-order valence-corrected chi connectivity index (χ3v) is 3.19. The Hall–Kier alpha value is -1.23.